The summed E-state index contributed by atoms with van der Waals surface area (Å²) in [6.07, 6.45) is 1.76. The molecule has 1 heterocycles. The lowest BCUT2D eigenvalue weighted by Crippen LogP contribution is -2.12. The summed E-state index contributed by atoms with van der Waals surface area (Å²) in [6, 6.07) is 13.6. The Bertz CT molecular complexity index is 552. The second kappa shape index (κ2) is 6.14. The Morgan fingerprint density at radius 3 is 2.79 bits per heavy atom. The van der Waals surface area contributed by atoms with Gasteiger partial charge < -0.3 is 4.74 Å². The zero-order valence-electron chi connectivity index (χ0n) is 11.2. The average molecular weight is 255 g/mol. The number of benzene rings is 1. The first-order valence-electron chi connectivity index (χ1n) is 6.40. The van der Waals surface area contributed by atoms with Crippen LogP contribution in [0.5, 0.6) is 0 Å². The first-order valence-corrected chi connectivity index (χ1v) is 6.40. The van der Waals surface area contributed by atoms with Crippen LogP contribution in [0.3, 0.4) is 0 Å². The van der Waals surface area contributed by atoms with Gasteiger partial charge in [-0.2, -0.15) is 0 Å². The molecule has 0 aliphatic carbocycles. The molecular weight excluding hydrogens is 238 g/mol. The zero-order chi connectivity index (χ0) is 13.7. The molecule has 0 spiro atoms. The molecule has 1 atom stereocenters. The Balaban J connectivity index is 2.27. The molecule has 0 aliphatic rings. The van der Waals surface area contributed by atoms with E-state index in [-0.39, 0.29) is 11.9 Å². The van der Waals surface area contributed by atoms with Crippen LogP contribution in [0.25, 0.3) is 11.3 Å². The molecule has 0 radical (unpaired) electrons. The molecule has 0 aliphatic heterocycles. The van der Waals surface area contributed by atoms with Crippen LogP contribution in [0, 0.1) is 0 Å². The minimum Gasteiger partial charge on any atom is -0.466 e. The Morgan fingerprint density at radius 2 is 2.11 bits per heavy atom. The first kappa shape index (κ1) is 13.3. The second-order valence-electron chi connectivity index (χ2n) is 4.31. The topological polar surface area (TPSA) is 39.2 Å². The fourth-order valence-electron chi connectivity index (χ4n) is 1.90. The van der Waals surface area contributed by atoms with E-state index in [2.05, 4.69) is 4.98 Å². The molecule has 0 amide bonds. The zero-order valence-corrected chi connectivity index (χ0v) is 11.2. The van der Waals surface area contributed by atoms with Gasteiger partial charge in [0.15, 0.2) is 0 Å². The van der Waals surface area contributed by atoms with Crippen molar-refractivity contribution in [2.45, 2.75) is 19.8 Å². The van der Waals surface area contributed by atoms with Crippen molar-refractivity contribution in [2.24, 2.45) is 0 Å². The summed E-state index contributed by atoms with van der Waals surface area (Å²) < 4.78 is 5.05. The van der Waals surface area contributed by atoms with Crippen molar-refractivity contribution < 1.29 is 9.53 Å². The lowest BCUT2D eigenvalue weighted by atomic mass is 9.98. The van der Waals surface area contributed by atoms with E-state index < -0.39 is 0 Å². The van der Waals surface area contributed by atoms with E-state index in [1.54, 1.807) is 6.20 Å². The largest absolute Gasteiger partial charge is 0.466 e. The van der Waals surface area contributed by atoms with Gasteiger partial charge in [-0.1, -0.05) is 24.3 Å². The number of hydrogen-bond donors (Lipinski definition) is 0. The van der Waals surface area contributed by atoms with Gasteiger partial charge in [-0.3, -0.25) is 9.78 Å². The van der Waals surface area contributed by atoms with Crippen LogP contribution < -0.4 is 0 Å². The van der Waals surface area contributed by atoms with Crippen LogP contribution in [0.2, 0.25) is 0 Å². The molecule has 19 heavy (non-hydrogen) atoms. The molecule has 3 heteroatoms. The molecule has 1 unspecified atom stereocenters. The minimum absolute atomic E-state index is 0.194. The molecule has 0 saturated heterocycles. The van der Waals surface area contributed by atoms with E-state index >= 15 is 0 Å². The van der Waals surface area contributed by atoms with Gasteiger partial charge in [-0.15, -0.1) is 0 Å². The predicted molar refractivity (Wildman–Crippen MR) is 74.7 cm³/mol. The van der Waals surface area contributed by atoms with Crippen molar-refractivity contribution in [1.29, 1.82) is 0 Å². The molecule has 98 valence electrons. The van der Waals surface area contributed by atoms with Gasteiger partial charge in [0.05, 0.1) is 18.2 Å². The quantitative estimate of drug-likeness (QED) is 0.786. The highest BCUT2D eigenvalue weighted by molar-refractivity contribution is 5.78. The van der Waals surface area contributed by atoms with Gasteiger partial charge >= 0.3 is 5.97 Å². The molecule has 0 fully saturated rings. The Kier molecular flexibility index (Phi) is 4.29. The van der Waals surface area contributed by atoms with E-state index in [1.807, 2.05) is 56.3 Å². The summed E-state index contributed by atoms with van der Waals surface area (Å²) in [5.74, 6) is -0.454. The second-order valence-corrected chi connectivity index (χ2v) is 4.31. The monoisotopic (exact) mass is 255 g/mol. The summed E-state index contributed by atoms with van der Waals surface area (Å²) in [7, 11) is 0. The van der Waals surface area contributed by atoms with Crippen LogP contribution in [-0.4, -0.2) is 17.6 Å². The molecule has 0 N–H and O–H groups in total. The van der Waals surface area contributed by atoms with Gasteiger partial charge in [0.2, 0.25) is 0 Å². The van der Waals surface area contributed by atoms with Gasteiger partial charge in [-0.25, -0.2) is 0 Å². The van der Waals surface area contributed by atoms with E-state index in [4.69, 9.17) is 4.74 Å². The molecule has 0 bridgehead atoms. The van der Waals surface area contributed by atoms with E-state index in [0.29, 0.717) is 6.61 Å². The number of rotatable bonds is 4. The van der Waals surface area contributed by atoms with Gasteiger partial charge in [0.1, 0.15) is 0 Å². The van der Waals surface area contributed by atoms with Crippen molar-refractivity contribution in [3.63, 3.8) is 0 Å². The van der Waals surface area contributed by atoms with Crippen molar-refractivity contribution >= 4 is 5.97 Å². The van der Waals surface area contributed by atoms with Crippen LogP contribution >= 0.6 is 0 Å². The van der Waals surface area contributed by atoms with Crippen molar-refractivity contribution in [3.8, 4) is 11.3 Å². The lowest BCUT2D eigenvalue weighted by Gasteiger charge is -2.12. The Morgan fingerprint density at radius 1 is 1.26 bits per heavy atom. The third-order valence-corrected chi connectivity index (χ3v) is 2.99. The molecule has 1 aromatic carbocycles. The van der Waals surface area contributed by atoms with Crippen LogP contribution in [0.1, 0.15) is 25.3 Å². The standard InChI is InChI=1S/C16H17NO2/c1-3-19-16(18)12(2)13-7-6-8-14(11-13)15-9-4-5-10-17-15/h4-12H,3H2,1-2H3. The van der Waals surface area contributed by atoms with E-state index in [1.165, 1.54) is 0 Å². The summed E-state index contributed by atoms with van der Waals surface area (Å²) >= 11 is 0. The van der Waals surface area contributed by atoms with Crippen molar-refractivity contribution in [3.05, 3.63) is 54.2 Å². The highest BCUT2D eigenvalue weighted by Crippen LogP contribution is 2.23. The lowest BCUT2D eigenvalue weighted by molar-refractivity contribution is -0.144. The normalized spacial score (nSPS) is 11.9. The number of carbonyl (C=O) groups is 1. The number of hydrogen-bond acceptors (Lipinski definition) is 3. The van der Waals surface area contributed by atoms with Gasteiger partial charge in [-0.05, 0) is 37.6 Å². The van der Waals surface area contributed by atoms with Crippen molar-refractivity contribution in [1.82, 2.24) is 4.98 Å². The van der Waals surface area contributed by atoms with Crippen LogP contribution in [0.15, 0.2) is 48.7 Å². The number of aromatic nitrogens is 1. The SMILES string of the molecule is CCOC(=O)C(C)c1cccc(-c2ccccn2)c1. The molecule has 0 saturated carbocycles. The van der Waals surface area contributed by atoms with Crippen molar-refractivity contribution in [2.75, 3.05) is 6.61 Å². The van der Waals surface area contributed by atoms with Gasteiger partial charge in [0, 0.05) is 11.8 Å². The fraction of sp³-hybridized carbons (Fsp3) is 0.250. The third-order valence-electron chi connectivity index (χ3n) is 2.99. The molecule has 2 rings (SSSR count). The maximum atomic E-state index is 11.8. The number of ether oxygens (including phenoxy) is 1. The third kappa shape index (κ3) is 3.19. The average Bonchev–Trinajstić information content (AvgIpc) is 2.48. The summed E-state index contributed by atoms with van der Waals surface area (Å²) in [6.45, 7) is 4.08. The predicted octanol–water partition coefficient (Wildman–Crippen LogP) is 3.42. The highest BCUT2D eigenvalue weighted by atomic mass is 16.5. The smallest absolute Gasteiger partial charge is 0.313 e. The molecule has 2 aromatic rings. The molecule has 3 nitrogen and oxygen atoms in total. The molecule has 1 aromatic heterocycles. The fourth-order valence-corrected chi connectivity index (χ4v) is 1.90. The molecular formula is C16H17NO2. The van der Waals surface area contributed by atoms with E-state index in [9.17, 15) is 4.79 Å². The summed E-state index contributed by atoms with van der Waals surface area (Å²) in [5.41, 5.74) is 2.86. The number of esters is 1. The maximum Gasteiger partial charge on any atom is 0.313 e. The Labute approximate surface area is 113 Å². The number of pyridine rings is 1. The highest BCUT2D eigenvalue weighted by Gasteiger charge is 2.16. The van der Waals surface area contributed by atoms with Crippen LogP contribution in [0.4, 0.5) is 0 Å². The number of nitrogens with zero attached hydrogens (tertiary/aromatic N) is 1. The maximum absolute atomic E-state index is 11.8. The summed E-state index contributed by atoms with van der Waals surface area (Å²) in [5, 5.41) is 0. The van der Waals surface area contributed by atoms with E-state index in [0.717, 1.165) is 16.8 Å². The first-order chi connectivity index (χ1) is 9.22. The summed E-state index contributed by atoms with van der Waals surface area (Å²) in [4.78, 5) is 16.1. The minimum atomic E-state index is -0.261. The van der Waals surface area contributed by atoms with Gasteiger partial charge in [0.25, 0.3) is 0 Å². The van der Waals surface area contributed by atoms with Crippen LogP contribution in [-0.2, 0) is 9.53 Å². The Hall–Kier alpha value is -2.16. The number of carbonyl (C=O) groups excluding carboxylic acids is 1.